The molecule has 2 aromatic carbocycles. The van der Waals surface area contributed by atoms with E-state index in [0.29, 0.717) is 18.7 Å². The Morgan fingerprint density at radius 1 is 1.12 bits per heavy atom. The Labute approximate surface area is 151 Å². The Morgan fingerprint density at radius 3 is 2.50 bits per heavy atom. The minimum absolute atomic E-state index is 0.0541. The first kappa shape index (κ1) is 18.2. The van der Waals surface area contributed by atoms with Gasteiger partial charge < -0.3 is 10.2 Å². The maximum atomic E-state index is 12.2. The molecule has 4 nitrogen and oxygen atoms in total. The zero-order valence-electron chi connectivity index (χ0n) is 14.1. The van der Waals surface area contributed by atoms with E-state index in [2.05, 4.69) is 21.2 Å². The number of halogens is 1. The monoisotopic (exact) mass is 388 g/mol. The van der Waals surface area contributed by atoms with Crippen molar-refractivity contribution in [1.29, 1.82) is 0 Å². The fraction of sp³-hybridized carbons (Fsp3) is 0.263. The SMILES string of the molecule is CC(=O)N(CCNC(=O)c1cccc(C)c1)c1ccc(Br)c(C)c1. The highest BCUT2D eigenvalue weighted by Crippen LogP contribution is 2.23. The summed E-state index contributed by atoms with van der Waals surface area (Å²) in [4.78, 5) is 25.8. The van der Waals surface area contributed by atoms with Gasteiger partial charge in [-0.05, 0) is 49.7 Å². The number of rotatable bonds is 5. The van der Waals surface area contributed by atoms with Gasteiger partial charge in [0.05, 0.1) is 0 Å². The van der Waals surface area contributed by atoms with E-state index in [1.807, 2.05) is 50.2 Å². The molecule has 0 unspecified atom stereocenters. The number of hydrogen-bond donors (Lipinski definition) is 1. The average Bonchev–Trinajstić information content (AvgIpc) is 2.54. The molecule has 24 heavy (non-hydrogen) atoms. The topological polar surface area (TPSA) is 49.4 Å². The van der Waals surface area contributed by atoms with E-state index in [9.17, 15) is 9.59 Å². The van der Waals surface area contributed by atoms with Gasteiger partial charge in [0, 0.05) is 35.7 Å². The van der Waals surface area contributed by atoms with Crippen molar-refractivity contribution in [2.45, 2.75) is 20.8 Å². The molecular weight excluding hydrogens is 368 g/mol. The lowest BCUT2D eigenvalue weighted by Crippen LogP contribution is -2.37. The molecule has 0 aliphatic heterocycles. The molecule has 0 saturated carbocycles. The van der Waals surface area contributed by atoms with Crippen LogP contribution >= 0.6 is 15.9 Å². The second kappa shape index (κ2) is 8.11. The number of aryl methyl sites for hydroxylation is 2. The summed E-state index contributed by atoms with van der Waals surface area (Å²) >= 11 is 3.46. The van der Waals surface area contributed by atoms with Crippen LogP contribution in [0.25, 0.3) is 0 Å². The summed E-state index contributed by atoms with van der Waals surface area (Å²) in [7, 11) is 0. The van der Waals surface area contributed by atoms with Crippen molar-refractivity contribution in [2.24, 2.45) is 0 Å². The van der Waals surface area contributed by atoms with Crippen LogP contribution in [0.3, 0.4) is 0 Å². The molecule has 126 valence electrons. The predicted octanol–water partition coefficient (Wildman–Crippen LogP) is 3.85. The molecule has 2 amide bonds. The maximum Gasteiger partial charge on any atom is 0.251 e. The highest BCUT2D eigenvalue weighted by atomic mass is 79.9. The zero-order valence-corrected chi connectivity index (χ0v) is 15.7. The van der Waals surface area contributed by atoms with E-state index in [-0.39, 0.29) is 11.8 Å². The van der Waals surface area contributed by atoms with Gasteiger partial charge in [0.15, 0.2) is 0 Å². The summed E-state index contributed by atoms with van der Waals surface area (Å²) in [5.74, 6) is -0.185. The number of benzene rings is 2. The van der Waals surface area contributed by atoms with Crippen LogP contribution in [0, 0.1) is 13.8 Å². The van der Waals surface area contributed by atoms with Crippen LogP contribution in [-0.4, -0.2) is 24.9 Å². The van der Waals surface area contributed by atoms with Gasteiger partial charge in [0.1, 0.15) is 0 Å². The molecule has 1 N–H and O–H groups in total. The molecule has 0 aliphatic rings. The van der Waals surface area contributed by atoms with Gasteiger partial charge >= 0.3 is 0 Å². The second-order valence-electron chi connectivity index (χ2n) is 5.73. The van der Waals surface area contributed by atoms with Crippen molar-refractivity contribution in [3.8, 4) is 0 Å². The number of carbonyl (C=O) groups is 2. The largest absolute Gasteiger partial charge is 0.350 e. The van der Waals surface area contributed by atoms with Gasteiger partial charge in [-0.2, -0.15) is 0 Å². The van der Waals surface area contributed by atoms with E-state index in [1.54, 1.807) is 11.0 Å². The van der Waals surface area contributed by atoms with E-state index >= 15 is 0 Å². The fourth-order valence-corrected chi connectivity index (χ4v) is 2.68. The molecule has 5 heteroatoms. The van der Waals surface area contributed by atoms with Crippen LogP contribution in [0.4, 0.5) is 5.69 Å². The van der Waals surface area contributed by atoms with Gasteiger partial charge in [-0.1, -0.05) is 33.6 Å². The minimum atomic E-state index is -0.130. The predicted molar refractivity (Wildman–Crippen MR) is 100 cm³/mol. The summed E-state index contributed by atoms with van der Waals surface area (Å²) in [6, 6.07) is 13.2. The maximum absolute atomic E-state index is 12.2. The van der Waals surface area contributed by atoms with Crippen molar-refractivity contribution >= 4 is 33.4 Å². The summed E-state index contributed by atoms with van der Waals surface area (Å²) in [6.45, 7) is 6.27. The Balaban J connectivity index is 2.00. The molecular formula is C19H21BrN2O2. The van der Waals surface area contributed by atoms with Gasteiger partial charge in [-0.3, -0.25) is 9.59 Å². The Hall–Kier alpha value is -2.14. The van der Waals surface area contributed by atoms with Gasteiger partial charge in [0.2, 0.25) is 5.91 Å². The van der Waals surface area contributed by atoms with Crippen LogP contribution < -0.4 is 10.2 Å². The first-order chi connectivity index (χ1) is 11.4. The number of hydrogen-bond acceptors (Lipinski definition) is 2. The number of nitrogens with one attached hydrogen (secondary N) is 1. The highest BCUT2D eigenvalue weighted by Gasteiger charge is 2.13. The van der Waals surface area contributed by atoms with Crippen molar-refractivity contribution < 1.29 is 9.59 Å². The quantitative estimate of drug-likeness (QED) is 0.845. The highest BCUT2D eigenvalue weighted by molar-refractivity contribution is 9.10. The summed E-state index contributed by atoms with van der Waals surface area (Å²) < 4.78 is 1.00. The lowest BCUT2D eigenvalue weighted by Gasteiger charge is -2.22. The molecule has 0 heterocycles. The minimum Gasteiger partial charge on any atom is -0.350 e. The third kappa shape index (κ3) is 4.68. The first-order valence-electron chi connectivity index (χ1n) is 7.77. The lowest BCUT2D eigenvalue weighted by atomic mass is 10.1. The molecule has 0 atom stereocenters. The standard InChI is InChI=1S/C19H21BrN2O2/c1-13-5-4-6-16(11-13)19(24)21-9-10-22(15(3)23)17-7-8-18(20)14(2)12-17/h4-8,11-12H,9-10H2,1-3H3,(H,21,24). The zero-order chi connectivity index (χ0) is 17.7. The van der Waals surface area contributed by atoms with Crippen molar-refractivity contribution in [3.05, 3.63) is 63.6 Å². The fourth-order valence-electron chi connectivity index (χ4n) is 2.43. The normalized spacial score (nSPS) is 10.3. The molecule has 0 aliphatic carbocycles. The number of nitrogens with zero attached hydrogens (tertiary/aromatic N) is 1. The molecule has 0 spiro atoms. The molecule has 2 rings (SSSR count). The Bertz CT molecular complexity index is 759. The third-order valence-corrected chi connectivity index (χ3v) is 4.62. The Kier molecular flexibility index (Phi) is 6.15. The van der Waals surface area contributed by atoms with Gasteiger partial charge in [-0.15, -0.1) is 0 Å². The lowest BCUT2D eigenvalue weighted by molar-refractivity contribution is -0.116. The van der Waals surface area contributed by atoms with Crippen LogP contribution in [-0.2, 0) is 4.79 Å². The molecule has 0 bridgehead atoms. The van der Waals surface area contributed by atoms with Gasteiger partial charge in [-0.25, -0.2) is 0 Å². The summed E-state index contributed by atoms with van der Waals surface area (Å²) in [5, 5.41) is 2.87. The van der Waals surface area contributed by atoms with Crippen molar-refractivity contribution in [3.63, 3.8) is 0 Å². The number of anilines is 1. The van der Waals surface area contributed by atoms with E-state index in [4.69, 9.17) is 0 Å². The molecule has 0 saturated heterocycles. The van der Waals surface area contributed by atoms with E-state index < -0.39 is 0 Å². The van der Waals surface area contributed by atoms with Crippen molar-refractivity contribution in [2.75, 3.05) is 18.0 Å². The smallest absolute Gasteiger partial charge is 0.251 e. The van der Waals surface area contributed by atoms with Crippen LogP contribution in [0.1, 0.15) is 28.4 Å². The van der Waals surface area contributed by atoms with E-state index in [0.717, 1.165) is 21.3 Å². The van der Waals surface area contributed by atoms with Crippen molar-refractivity contribution in [1.82, 2.24) is 5.32 Å². The summed E-state index contributed by atoms with van der Waals surface area (Å²) in [5.41, 5.74) is 3.55. The van der Waals surface area contributed by atoms with Crippen LogP contribution in [0.5, 0.6) is 0 Å². The average molecular weight is 389 g/mol. The molecule has 0 fully saturated rings. The van der Waals surface area contributed by atoms with Crippen LogP contribution in [0.2, 0.25) is 0 Å². The van der Waals surface area contributed by atoms with Gasteiger partial charge in [0.25, 0.3) is 5.91 Å². The molecule has 0 aromatic heterocycles. The summed E-state index contributed by atoms with van der Waals surface area (Å²) in [6.07, 6.45) is 0. The Morgan fingerprint density at radius 2 is 1.88 bits per heavy atom. The van der Waals surface area contributed by atoms with Crippen LogP contribution in [0.15, 0.2) is 46.9 Å². The van der Waals surface area contributed by atoms with E-state index in [1.165, 1.54) is 6.92 Å². The number of carbonyl (C=O) groups excluding carboxylic acids is 2. The second-order valence-corrected chi connectivity index (χ2v) is 6.58. The molecule has 2 aromatic rings. The number of amides is 2. The third-order valence-electron chi connectivity index (χ3n) is 3.73. The molecule has 0 radical (unpaired) electrons. The first-order valence-corrected chi connectivity index (χ1v) is 8.57.